The number of amides is 1. The molecule has 1 aliphatic heterocycles. The summed E-state index contributed by atoms with van der Waals surface area (Å²) < 4.78 is 0. The molecule has 0 bridgehead atoms. The number of nitrogens with one attached hydrogen (secondary N) is 1. The van der Waals surface area contributed by atoms with Gasteiger partial charge < -0.3 is 9.80 Å². The maximum Gasteiger partial charge on any atom is 0.228 e. The molecule has 0 aliphatic carbocycles. The highest BCUT2D eigenvalue weighted by atomic mass is 16.2. The van der Waals surface area contributed by atoms with Gasteiger partial charge in [0.15, 0.2) is 5.82 Å². The minimum absolute atomic E-state index is 0.135. The van der Waals surface area contributed by atoms with Crippen LogP contribution in [0.2, 0.25) is 0 Å². The van der Waals surface area contributed by atoms with Crippen molar-refractivity contribution < 1.29 is 4.79 Å². The van der Waals surface area contributed by atoms with Crippen LogP contribution in [0.5, 0.6) is 0 Å². The number of hydrogen-bond donors (Lipinski definition) is 1. The van der Waals surface area contributed by atoms with E-state index in [1.54, 1.807) is 6.20 Å². The van der Waals surface area contributed by atoms with Crippen molar-refractivity contribution in [2.45, 2.75) is 12.8 Å². The zero-order valence-corrected chi connectivity index (χ0v) is 13.9. The number of carbonyl (C=O) groups is 1. The highest BCUT2D eigenvalue weighted by molar-refractivity contribution is 5.87. The van der Waals surface area contributed by atoms with Crippen molar-refractivity contribution in [1.29, 1.82) is 0 Å². The van der Waals surface area contributed by atoms with Gasteiger partial charge in [0.1, 0.15) is 0 Å². The standard InChI is InChI=1S/C18H20N6O/c25-18(13-16-14-5-1-2-6-15(14)20-21-16)24-10-4-9-23(11-12-24)17-7-3-8-19-22-17/h1-3,5-8H,4,9-13H2,(H,20,21). The van der Waals surface area contributed by atoms with Gasteiger partial charge in [-0.2, -0.15) is 10.2 Å². The third-order valence-electron chi connectivity index (χ3n) is 4.60. The number of aromatic amines is 1. The van der Waals surface area contributed by atoms with Crippen molar-refractivity contribution in [2.75, 3.05) is 31.1 Å². The predicted octanol–water partition coefficient (Wildman–Crippen LogP) is 1.63. The Morgan fingerprint density at radius 1 is 1.08 bits per heavy atom. The SMILES string of the molecule is O=C(Cc1[nH]nc2ccccc12)N1CCCN(c2cccnn2)CC1. The summed E-state index contributed by atoms with van der Waals surface area (Å²) >= 11 is 0. The van der Waals surface area contributed by atoms with E-state index in [-0.39, 0.29) is 5.91 Å². The number of hydrogen-bond acceptors (Lipinski definition) is 5. The fourth-order valence-electron chi connectivity index (χ4n) is 3.27. The van der Waals surface area contributed by atoms with Gasteiger partial charge >= 0.3 is 0 Å². The number of para-hydroxylation sites is 1. The van der Waals surface area contributed by atoms with Crippen molar-refractivity contribution >= 4 is 22.6 Å². The first-order valence-electron chi connectivity index (χ1n) is 8.54. The molecule has 128 valence electrons. The maximum atomic E-state index is 12.7. The normalized spacial score (nSPS) is 15.4. The molecule has 0 radical (unpaired) electrons. The molecule has 1 amide bonds. The molecule has 1 fully saturated rings. The minimum atomic E-state index is 0.135. The fraction of sp³-hybridized carbons (Fsp3) is 0.333. The molecule has 4 rings (SSSR count). The molecule has 3 aromatic rings. The summed E-state index contributed by atoms with van der Waals surface area (Å²) in [6.45, 7) is 3.12. The number of H-pyrrole nitrogens is 1. The Labute approximate surface area is 145 Å². The zero-order valence-electron chi connectivity index (χ0n) is 13.9. The van der Waals surface area contributed by atoms with Gasteiger partial charge in [0, 0.05) is 37.8 Å². The van der Waals surface area contributed by atoms with Gasteiger partial charge in [0.05, 0.1) is 17.6 Å². The number of nitrogens with zero attached hydrogens (tertiary/aromatic N) is 5. The first-order valence-corrected chi connectivity index (χ1v) is 8.54. The van der Waals surface area contributed by atoms with Crippen LogP contribution in [-0.2, 0) is 11.2 Å². The van der Waals surface area contributed by atoms with Crippen LogP contribution in [0.4, 0.5) is 5.82 Å². The Balaban J connectivity index is 1.43. The van der Waals surface area contributed by atoms with Crippen LogP contribution in [0.25, 0.3) is 10.9 Å². The smallest absolute Gasteiger partial charge is 0.228 e. The zero-order chi connectivity index (χ0) is 17.1. The molecule has 2 aromatic heterocycles. The van der Waals surface area contributed by atoms with Crippen molar-refractivity contribution in [2.24, 2.45) is 0 Å². The lowest BCUT2D eigenvalue weighted by molar-refractivity contribution is -0.130. The van der Waals surface area contributed by atoms with E-state index in [1.165, 1.54) is 0 Å². The second kappa shape index (κ2) is 6.88. The average molecular weight is 336 g/mol. The van der Waals surface area contributed by atoms with Crippen molar-refractivity contribution in [3.05, 3.63) is 48.3 Å². The van der Waals surface area contributed by atoms with E-state index < -0.39 is 0 Å². The Bertz CT molecular complexity index is 862. The van der Waals surface area contributed by atoms with E-state index in [1.807, 2.05) is 41.3 Å². The minimum Gasteiger partial charge on any atom is -0.353 e. The van der Waals surface area contributed by atoms with Crippen molar-refractivity contribution in [3.8, 4) is 0 Å². The second-order valence-corrected chi connectivity index (χ2v) is 6.20. The third-order valence-corrected chi connectivity index (χ3v) is 4.60. The van der Waals surface area contributed by atoms with Gasteiger partial charge in [-0.05, 0) is 24.6 Å². The number of fused-ring (bicyclic) bond motifs is 1. The molecule has 1 aromatic carbocycles. The average Bonchev–Trinajstić information content (AvgIpc) is 2.90. The molecule has 0 spiro atoms. The van der Waals surface area contributed by atoms with Gasteiger partial charge in [-0.3, -0.25) is 9.89 Å². The summed E-state index contributed by atoms with van der Waals surface area (Å²) in [6, 6.07) is 11.7. The summed E-state index contributed by atoms with van der Waals surface area (Å²) in [4.78, 5) is 16.9. The molecule has 7 nitrogen and oxygen atoms in total. The van der Waals surface area contributed by atoms with E-state index in [4.69, 9.17) is 0 Å². The molecule has 1 aliphatic rings. The summed E-state index contributed by atoms with van der Waals surface area (Å²) in [5.41, 5.74) is 1.78. The molecule has 7 heteroatoms. The highest BCUT2D eigenvalue weighted by Crippen LogP contribution is 2.17. The van der Waals surface area contributed by atoms with E-state index >= 15 is 0 Å². The van der Waals surface area contributed by atoms with Crippen LogP contribution in [-0.4, -0.2) is 57.4 Å². The summed E-state index contributed by atoms with van der Waals surface area (Å²) in [7, 11) is 0. The Morgan fingerprint density at radius 3 is 2.88 bits per heavy atom. The number of rotatable bonds is 3. The molecule has 1 N–H and O–H groups in total. The Morgan fingerprint density at radius 2 is 2.00 bits per heavy atom. The molecule has 0 atom stereocenters. The first kappa shape index (κ1) is 15.6. The van der Waals surface area contributed by atoms with Crippen LogP contribution in [0.3, 0.4) is 0 Å². The lowest BCUT2D eigenvalue weighted by atomic mass is 10.1. The van der Waals surface area contributed by atoms with Gasteiger partial charge in [0.25, 0.3) is 0 Å². The number of aromatic nitrogens is 4. The number of benzene rings is 1. The number of carbonyl (C=O) groups excluding carboxylic acids is 1. The molecule has 0 saturated carbocycles. The van der Waals surface area contributed by atoms with Gasteiger partial charge in [-0.15, -0.1) is 5.10 Å². The lowest BCUT2D eigenvalue weighted by Crippen LogP contribution is -2.36. The van der Waals surface area contributed by atoms with Gasteiger partial charge in [-0.25, -0.2) is 0 Å². The second-order valence-electron chi connectivity index (χ2n) is 6.20. The lowest BCUT2D eigenvalue weighted by Gasteiger charge is -2.22. The van der Waals surface area contributed by atoms with E-state index in [2.05, 4.69) is 25.3 Å². The maximum absolute atomic E-state index is 12.7. The summed E-state index contributed by atoms with van der Waals surface area (Å²) in [6.07, 6.45) is 2.95. The topological polar surface area (TPSA) is 78.0 Å². The monoisotopic (exact) mass is 336 g/mol. The largest absolute Gasteiger partial charge is 0.353 e. The van der Waals surface area contributed by atoms with Crippen LogP contribution in [0.15, 0.2) is 42.6 Å². The summed E-state index contributed by atoms with van der Waals surface area (Å²) in [5, 5.41) is 16.4. The molecule has 25 heavy (non-hydrogen) atoms. The molecular formula is C18H20N6O. The molecule has 0 unspecified atom stereocenters. The van der Waals surface area contributed by atoms with Crippen molar-refractivity contribution in [3.63, 3.8) is 0 Å². The van der Waals surface area contributed by atoms with Crippen molar-refractivity contribution in [1.82, 2.24) is 25.3 Å². The van der Waals surface area contributed by atoms with Gasteiger partial charge in [0.2, 0.25) is 5.91 Å². The van der Waals surface area contributed by atoms with E-state index in [0.29, 0.717) is 13.0 Å². The van der Waals surface area contributed by atoms with E-state index in [9.17, 15) is 4.79 Å². The van der Waals surface area contributed by atoms with Crippen LogP contribution >= 0.6 is 0 Å². The van der Waals surface area contributed by atoms with Crippen LogP contribution in [0.1, 0.15) is 12.1 Å². The highest BCUT2D eigenvalue weighted by Gasteiger charge is 2.21. The first-order chi connectivity index (χ1) is 12.3. The quantitative estimate of drug-likeness (QED) is 0.787. The van der Waals surface area contributed by atoms with Gasteiger partial charge in [-0.1, -0.05) is 18.2 Å². The van der Waals surface area contributed by atoms with E-state index in [0.717, 1.165) is 48.5 Å². The fourth-order valence-corrected chi connectivity index (χ4v) is 3.27. The predicted molar refractivity (Wildman–Crippen MR) is 95.2 cm³/mol. The third kappa shape index (κ3) is 3.31. The molecular weight excluding hydrogens is 316 g/mol. The molecule has 1 saturated heterocycles. The number of anilines is 1. The Hall–Kier alpha value is -2.96. The van der Waals surface area contributed by atoms with Crippen LogP contribution < -0.4 is 4.90 Å². The summed E-state index contributed by atoms with van der Waals surface area (Å²) in [5.74, 6) is 1.01. The van der Waals surface area contributed by atoms with Crippen LogP contribution in [0, 0.1) is 0 Å². The Kier molecular flexibility index (Phi) is 4.28. The molecule has 3 heterocycles.